The highest BCUT2D eigenvalue weighted by Gasteiger charge is 2.25. The van der Waals surface area contributed by atoms with Gasteiger partial charge in [-0.05, 0) is 31.4 Å². The maximum Gasteiger partial charge on any atom is 0.356 e. The molecule has 1 aliphatic carbocycles. The largest absolute Gasteiger partial charge is 0.476 e. The summed E-state index contributed by atoms with van der Waals surface area (Å²) in [7, 11) is 0. The Morgan fingerprint density at radius 1 is 1.58 bits per heavy atom. The summed E-state index contributed by atoms with van der Waals surface area (Å²) in [5.41, 5.74) is 0.860. The van der Waals surface area contributed by atoms with Crippen LogP contribution < -0.4 is 5.32 Å². The van der Waals surface area contributed by atoms with Gasteiger partial charge in [0, 0.05) is 12.2 Å². The molecule has 2 N–H and O–H groups in total. The van der Waals surface area contributed by atoms with Crippen molar-refractivity contribution in [1.29, 1.82) is 0 Å². The van der Waals surface area contributed by atoms with Crippen LogP contribution in [0.4, 0.5) is 5.82 Å². The Bertz CT molecular complexity index is 616. The first-order valence-electron chi connectivity index (χ1n) is 6.62. The van der Waals surface area contributed by atoms with Crippen LogP contribution in [-0.4, -0.2) is 26.5 Å². The molecule has 0 saturated heterocycles. The average Bonchev–Trinajstić information content (AvgIpc) is 3.08. The van der Waals surface area contributed by atoms with Crippen LogP contribution in [0.25, 0.3) is 5.65 Å². The molecule has 2 aromatic rings. The van der Waals surface area contributed by atoms with Gasteiger partial charge in [-0.3, -0.25) is 4.40 Å². The van der Waals surface area contributed by atoms with E-state index in [1.807, 2.05) is 12.1 Å². The zero-order valence-corrected chi connectivity index (χ0v) is 10.8. The van der Waals surface area contributed by atoms with Crippen LogP contribution in [0, 0.1) is 5.92 Å². The van der Waals surface area contributed by atoms with Crippen molar-refractivity contribution < 1.29 is 9.90 Å². The van der Waals surface area contributed by atoms with Gasteiger partial charge in [-0.1, -0.05) is 18.9 Å². The fourth-order valence-electron chi connectivity index (χ4n) is 2.45. The minimum absolute atomic E-state index is 0.207. The van der Waals surface area contributed by atoms with E-state index in [1.165, 1.54) is 12.8 Å². The second kappa shape index (κ2) is 4.57. The lowest BCUT2D eigenvalue weighted by Crippen LogP contribution is -2.18. The lowest BCUT2D eigenvalue weighted by molar-refractivity contribution is 0.0690. The van der Waals surface area contributed by atoms with Crippen molar-refractivity contribution in [3.8, 4) is 0 Å². The average molecular weight is 259 g/mol. The number of hydrogen-bond donors (Lipinski definition) is 2. The van der Waals surface area contributed by atoms with Crippen LogP contribution in [0.2, 0.25) is 0 Å². The molecule has 1 saturated carbocycles. The van der Waals surface area contributed by atoms with Crippen LogP contribution >= 0.6 is 0 Å². The Hall–Kier alpha value is -2.04. The lowest BCUT2D eigenvalue weighted by Gasteiger charge is -2.13. The number of aromatic nitrogens is 2. The molecule has 19 heavy (non-hydrogen) atoms. The van der Waals surface area contributed by atoms with Crippen molar-refractivity contribution in [2.75, 3.05) is 5.32 Å². The molecule has 2 aromatic heterocycles. The molecule has 3 rings (SSSR count). The number of carbonyl (C=O) groups is 1. The van der Waals surface area contributed by atoms with Gasteiger partial charge in [0.2, 0.25) is 0 Å². The summed E-state index contributed by atoms with van der Waals surface area (Å²) in [4.78, 5) is 15.8. The predicted molar refractivity (Wildman–Crippen MR) is 72.6 cm³/mol. The maximum absolute atomic E-state index is 11.4. The summed E-state index contributed by atoms with van der Waals surface area (Å²) in [6.07, 6.45) is 5.39. The maximum atomic E-state index is 11.4. The van der Waals surface area contributed by atoms with Crippen LogP contribution in [0.3, 0.4) is 0 Å². The summed E-state index contributed by atoms with van der Waals surface area (Å²) in [6, 6.07) is 5.71. The monoisotopic (exact) mass is 259 g/mol. The van der Waals surface area contributed by atoms with Gasteiger partial charge in [0.1, 0.15) is 5.65 Å². The predicted octanol–water partition coefficient (Wildman–Crippen LogP) is 2.63. The molecule has 0 radical (unpaired) electrons. The Balaban J connectivity index is 1.92. The second-order valence-corrected chi connectivity index (χ2v) is 5.27. The normalized spacial score (nSPS) is 16.5. The molecule has 0 bridgehead atoms. The molecule has 2 heterocycles. The van der Waals surface area contributed by atoms with Gasteiger partial charge in [-0.25, -0.2) is 9.78 Å². The number of pyridine rings is 1. The highest BCUT2D eigenvalue weighted by atomic mass is 16.4. The van der Waals surface area contributed by atoms with E-state index in [0.717, 1.165) is 12.3 Å². The number of nitrogens with zero attached hydrogens (tertiary/aromatic N) is 2. The van der Waals surface area contributed by atoms with E-state index in [0.29, 0.717) is 11.5 Å². The molecule has 1 fully saturated rings. The molecule has 1 aliphatic rings. The molecule has 1 atom stereocenters. The van der Waals surface area contributed by atoms with Gasteiger partial charge in [0.05, 0.1) is 0 Å². The van der Waals surface area contributed by atoms with E-state index >= 15 is 0 Å². The Labute approximate surface area is 111 Å². The fraction of sp³-hybridized carbons (Fsp3) is 0.429. The zero-order chi connectivity index (χ0) is 13.4. The van der Waals surface area contributed by atoms with Gasteiger partial charge >= 0.3 is 5.97 Å². The first-order valence-corrected chi connectivity index (χ1v) is 6.62. The second-order valence-electron chi connectivity index (χ2n) is 5.27. The molecule has 5 heteroatoms. The van der Waals surface area contributed by atoms with E-state index in [-0.39, 0.29) is 11.7 Å². The highest BCUT2D eigenvalue weighted by Crippen LogP contribution is 2.34. The summed E-state index contributed by atoms with van der Waals surface area (Å²) >= 11 is 0. The van der Waals surface area contributed by atoms with Gasteiger partial charge in [-0.2, -0.15) is 0 Å². The Morgan fingerprint density at radius 3 is 3.05 bits per heavy atom. The third-order valence-electron chi connectivity index (χ3n) is 3.50. The van der Waals surface area contributed by atoms with Crippen LogP contribution in [-0.2, 0) is 0 Å². The molecular weight excluding hydrogens is 242 g/mol. The van der Waals surface area contributed by atoms with Crippen LogP contribution in [0.1, 0.15) is 36.7 Å². The van der Waals surface area contributed by atoms with Gasteiger partial charge in [0.15, 0.2) is 11.5 Å². The first kappa shape index (κ1) is 12.0. The minimum Gasteiger partial charge on any atom is -0.476 e. The standard InChI is InChI=1S/C14H17N3O2/c1-9(8-10-5-6-10)15-13-12(14(18)19)17-7-3-2-4-11(17)16-13/h2-4,7,9-10,15H,5-6,8H2,1H3,(H,18,19). The number of carboxylic acids is 1. The fourth-order valence-corrected chi connectivity index (χ4v) is 2.45. The number of aromatic carboxylic acids is 1. The molecule has 1 unspecified atom stereocenters. The summed E-state index contributed by atoms with van der Waals surface area (Å²) in [6.45, 7) is 2.08. The molecule has 0 spiro atoms. The third kappa shape index (κ3) is 2.41. The van der Waals surface area contributed by atoms with Crippen molar-refractivity contribution >= 4 is 17.4 Å². The van der Waals surface area contributed by atoms with Gasteiger partial charge in [-0.15, -0.1) is 0 Å². The van der Waals surface area contributed by atoms with E-state index in [4.69, 9.17) is 0 Å². The van der Waals surface area contributed by atoms with E-state index < -0.39 is 5.97 Å². The van der Waals surface area contributed by atoms with Gasteiger partial charge < -0.3 is 10.4 Å². The Kier molecular flexibility index (Phi) is 2.89. The van der Waals surface area contributed by atoms with E-state index in [9.17, 15) is 9.90 Å². The quantitative estimate of drug-likeness (QED) is 0.866. The molecule has 5 nitrogen and oxygen atoms in total. The first-order chi connectivity index (χ1) is 9.15. The topological polar surface area (TPSA) is 66.6 Å². The summed E-state index contributed by atoms with van der Waals surface area (Å²) in [5, 5.41) is 12.6. The molecular formula is C14H17N3O2. The number of carboxylic acid groups (broad SMARTS) is 1. The summed E-state index contributed by atoms with van der Waals surface area (Å²) in [5.74, 6) is 0.305. The van der Waals surface area contributed by atoms with Crippen LogP contribution in [0.15, 0.2) is 24.4 Å². The molecule has 0 amide bonds. The zero-order valence-electron chi connectivity index (χ0n) is 10.8. The lowest BCUT2D eigenvalue weighted by atomic mass is 10.1. The van der Waals surface area contributed by atoms with Crippen molar-refractivity contribution in [2.24, 2.45) is 5.92 Å². The molecule has 0 aromatic carbocycles. The number of anilines is 1. The van der Waals surface area contributed by atoms with Gasteiger partial charge in [0.25, 0.3) is 0 Å². The molecule has 100 valence electrons. The molecule has 0 aliphatic heterocycles. The number of imidazole rings is 1. The number of rotatable bonds is 5. The summed E-state index contributed by atoms with van der Waals surface area (Å²) < 4.78 is 1.61. The minimum atomic E-state index is -0.958. The van der Waals surface area contributed by atoms with E-state index in [1.54, 1.807) is 16.7 Å². The Morgan fingerprint density at radius 2 is 2.37 bits per heavy atom. The van der Waals surface area contributed by atoms with Crippen molar-refractivity contribution in [1.82, 2.24) is 9.38 Å². The number of hydrogen-bond acceptors (Lipinski definition) is 3. The highest BCUT2D eigenvalue weighted by molar-refractivity contribution is 5.93. The number of fused-ring (bicyclic) bond motifs is 1. The SMILES string of the molecule is CC(CC1CC1)Nc1nc2ccccn2c1C(=O)O. The van der Waals surface area contributed by atoms with Crippen molar-refractivity contribution in [3.63, 3.8) is 0 Å². The van der Waals surface area contributed by atoms with Crippen molar-refractivity contribution in [3.05, 3.63) is 30.1 Å². The van der Waals surface area contributed by atoms with Crippen molar-refractivity contribution in [2.45, 2.75) is 32.2 Å². The van der Waals surface area contributed by atoms with E-state index in [2.05, 4.69) is 17.2 Å². The number of nitrogens with one attached hydrogen (secondary N) is 1. The van der Waals surface area contributed by atoms with Crippen LogP contribution in [0.5, 0.6) is 0 Å². The smallest absolute Gasteiger partial charge is 0.356 e. The third-order valence-corrected chi connectivity index (χ3v) is 3.50.